The number of aryl methyl sites for hydroxylation is 2. The lowest BCUT2D eigenvalue weighted by atomic mass is 9.97. The van der Waals surface area contributed by atoms with Crippen LogP contribution >= 0.6 is 0 Å². The summed E-state index contributed by atoms with van der Waals surface area (Å²) in [4.78, 5) is 28.6. The van der Waals surface area contributed by atoms with E-state index in [2.05, 4.69) is 5.32 Å². The van der Waals surface area contributed by atoms with E-state index >= 15 is 0 Å². The molecule has 0 aromatic heterocycles. The molecule has 2 amide bonds. The van der Waals surface area contributed by atoms with Gasteiger partial charge in [-0.15, -0.1) is 0 Å². The Morgan fingerprint density at radius 2 is 1.71 bits per heavy atom. The Bertz CT molecular complexity index is 1280. The van der Waals surface area contributed by atoms with Gasteiger partial charge in [0.1, 0.15) is 17.2 Å². The van der Waals surface area contributed by atoms with Crippen molar-refractivity contribution < 1.29 is 19.1 Å². The molecule has 3 aromatic carbocycles. The molecule has 3 aromatic rings. The molecule has 1 aliphatic heterocycles. The first kappa shape index (κ1) is 23.1. The molecule has 6 heteroatoms. The second-order valence-corrected chi connectivity index (χ2v) is 8.19. The Balaban J connectivity index is 1.82. The van der Waals surface area contributed by atoms with Crippen molar-refractivity contribution in [1.82, 2.24) is 0 Å². The molecule has 1 N–H and O–H groups in total. The van der Waals surface area contributed by atoms with E-state index in [1.807, 2.05) is 63.2 Å². The van der Waals surface area contributed by atoms with Crippen LogP contribution in [0.15, 0.2) is 72.4 Å². The number of nitrogens with one attached hydrogen (secondary N) is 1. The molecule has 1 aliphatic rings. The van der Waals surface area contributed by atoms with Crippen molar-refractivity contribution in [3.63, 3.8) is 0 Å². The van der Waals surface area contributed by atoms with E-state index < -0.39 is 11.8 Å². The van der Waals surface area contributed by atoms with Gasteiger partial charge in [0.25, 0.3) is 11.8 Å². The Hall–Kier alpha value is -4.06. The van der Waals surface area contributed by atoms with Crippen molar-refractivity contribution in [2.45, 2.75) is 27.2 Å². The van der Waals surface area contributed by atoms with Crippen molar-refractivity contribution in [3.05, 3.63) is 89.1 Å². The predicted molar refractivity (Wildman–Crippen MR) is 134 cm³/mol. The lowest BCUT2D eigenvalue weighted by molar-refractivity contribution is -0.120. The smallest absolute Gasteiger partial charge is 0.282 e. The van der Waals surface area contributed by atoms with Gasteiger partial charge in [0, 0.05) is 11.8 Å². The summed E-state index contributed by atoms with van der Waals surface area (Å²) in [5.41, 5.74) is 4.31. The fourth-order valence-electron chi connectivity index (χ4n) is 4.05. The van der Waals surface area contributed by atoms with E-state index in [1.54, 1.807) is 24.3 Å². The number of carbonyl (C=O) groups is 2. The Morgan fingerprint density at radius 3 is 2.44 bits per heavy atom. The second-order valence-electron chi connectivity index (χ2n) is 8.19. The summed E-state index contributed by atoms with van der Waals surface area (Å²) in [5, 5.41) is 3.21. The van der Waals surface area contributed by atoms with Gasteiger partial charge in [0.2, 0.25) is 0 Å². The van der Waals surface area contributed by atoms with Gasteiger partial charge in [-0.3, -0.25) is 9.59 Å². The number of hydrogen-bond donors (Lipinski definition) is 1. The van der Waals surface area contributed by atoms with Crippen molar-refractivity contribution in [3.8, 4) is 11.5 Å². The number of methoxy groups -OCH3 is 1. The van der Waals surface area contributed by atoms with Crippen molar-refractivity contribution in [1.29, 1.82) is 0 Å². The normalized spacial score (nSPS) is 13.5. The quantitative estimate of drug-likeness (QED) is 0.454. The standard InChI is InChI=1S/C28H28N2O4/c1-5-15-34-21-10-8-9-20(17-21)29-26-25(22-14-13-18(2)16-19(22)3)27(31)30(28(26)32)23-11-6-7-12-24(23)33-4/h6-14,16-17,29H,5,15H2,1-4H3. The summed E-state index contributed by atoms with van der Waals surface area (Å²) < 4.78 is 11.2. The lowest BCUT2D eigenvalue weighted by Gasteiger charge is -2.18. The van der Waals surface area contributed by atoms with Crippen LogP contribution in [0.5, 0.6) is 11.5 Å². The summed E-state index contributed by atoms with van der Waals surface area (Å²) in [7, 11) is 1.52. The first-order valence-electron chi connectivity index (χ1n) is 11.3. The fraction of sp³-hybridized carbons (Fsp3) is 0.214. The van der Waals surface area contributed by atoms with Crippen LogP contribution in [0.4, 0.5) is 11.4 Å². The van der Waals surface area contributed by atoms with E-state index in [-0.39, 0.29) is 5.70 Å². The molecular formula is C28H28N2O4. The highest BCUT2D eigenvalue weighted by molar-refractivity contribution is 6.46. The summed E-state index contributed by atoms with van der Waals surface area (Å²) in [6, 6.07) is 20.2. The first-order chi connectivity index (χ1) is 16.4. The number of amides is 2. The van der Waals surface area contributed by atoms with Gasteiger partial charge in [0.05, 0.1) is 25.0 Å². The van der Waals surface area contributed by atoms with E-state index in [0.29, 0.717) is 40.6 Å². The van der Waals surface area contributed by atoms with Crippen LogP contribution in [0.25, 0.3) is 5.57 Å². The molecule has 0 atom stereocenters. The molecule has 0 aliphatic carbocycles. The molecule has 34 heavy (non-hydrogen) atoms. The van der Waals surface area contributed by atoms with Crippen LogP contribution < -0.4 is 19.7 Å². The van der Waals surface area contributed by atoms with Gasteiger partial charge < -0.3 is 14.8 Å². The number of nitrogens with zero attached hydrogens (tertiary/aromatic N) is 1. The van der Waals surface area contributed by atoms with E-state index in [4.69, 9.17) is 9.47 Å². The minimum absolute atomic E-state index is 0.218. The fourth-order valence-corrected chi connectivity index (χ4v) is 4.05. The zero-order chi connectivity index (χ0) is 24.2. The molecule has 0 fully saturated rings. The zero-order valence-corrected chi connectivity index (χ0v) is 19.8. The number of rotatable bonds is 8. The molecule has 0 saturated heterocycles. The van der Waals surface area contributed by atoms with Crippen LogP contribution in [0, 0.1) is 13.8 Å². The third kappa shape index (κ3) is 4.39. The highest BCUT2D eigenvalue weighted by atomic mass is 16.5. The lowest BCUT2D eigenvalue weighted by Crippen LogP contribution is -2.32. The SMILES string of the molecule is CCCOc1cccc(NC2=C(c3ccc(C)cc3C)C(=O)N(c3ccccc3OC)C2=O)c1. The highest BCUT2D eigenvalue weighted by Gasteiger charge is 2.41. The Morgan fingerprint density at radius 1 is 0.912 bits per heavy atom. The molecular weight excluding hydrogens is 428 g/mol. The van der Waals surface area contributed by atoms with Gasteiger partial charge in [-0.1, -0.05) is 48.9 Å². The van der Waals surface area contributed by atoms with Gasteiger partial charge in [-0.25, -0.2) is 4.90 Å². The third-order valence-corrected chi connectivity index (χ3v) is 5.64. The molecule has 174 valence electrons. The Kier molecular flexibility index (Phi) is 6.68. The maximum absolute atomic E-state index is 13.8. The van der Waals surface area contributed by atoms with Crippen molar-refractivity contribution in [2.75, 3.05) is 23.9 Å². The van der Waals surface area contributed by atoms with Gasteiger partial charge >= 0.3 is 0 Å². The van der Waals surface area contributed by atoms with Gasteiger partial charge in [-0.05, 0) is 55.7 Å². The number of para-hydroxylation sites is 2. The highest BCUT2D eigenvalue weighted by Crippen LogP contribution is 2.38. The minimum atomic E-state index is -0.440. The van der Waals surface area contributed by atoms with E-state index in [1.165, 1.54) is 12.0 Å². The maximum Gasteiger partial charge on any atom is 0.282 e. The monoisotopic (exact) mass is 456 g/mol. The molecule has 0 saturated carbocycles. The van der Waals surface area contributed by atoms with Crippen LogP contribution in [0.1, 0.15) is 30.0 Å². The summed E-state index contributed by atoms with van der Waals surface area (Å²) in [6.45, 7) is 6.57. The molecule has 0 radical (unpaired) electrons. The van der Waals surface area contributed by atoms with Crippen LogP contribution in [-0.4, -0.2) is 25.5 Å². The molecule has 0 spiro atoms. The topological polar surface area (TPSA) is 67.9 Å². The number of anilines is 2. The van der Waals surface area contributed by atoms with Crippen molar-refractivity contribution in [2.24, 2.45) is 0 Å². The van der Waals surface area contributed by atoms with Gasteiger partial charge in [-0.2, -0.15) is 0 Å². The van der Waals surface area contributed by atoms with Crippen LogP contribution in [-0.2, 0) is 9.59 Å². The van der Waals surface area contributed by atoms with Crippen LogP contribution in [0.2, 0.25) is 0 Å². The largest absolute Gasteiger partial charge is 0.495 e. The second kappa shape index (κ2) is 9.83. The van der Waals surface area contributed by atoms with Crippen molar-refractivity contribution >= 4 is 28.8 Å². The number of carbonyl (C=O) groups excluding carboxylic acids is 2. The summed E-state index contributed by atoms with van der Waals surface area (Å²) in [6.07, 6.45) is 0.889. The first-order valence-corrected chi connectivity index (χ1v) is 11.3. The van der Waals surface area contributed by atoms with E-state index in [0.717, 1.165) is 17.5 Å². The molecule has 0 unspecified atom stereocenters. The summed E-state index contributed by atoms with van der Waals surface area (Å²) in [5.74, 6) is 0.297. The number of hydrogen-bond acceptors (Lipinski definition) is 5. The Labute approximate surface area is 199 Å². The molecule has 4 rings (SSSR count). The molecule has 1 heterocycles. The van der Waals surface area contributed by atoms with Crippen LogP contribution in [0.3, 0.4) is 0 Å². The van der Waals surface area contributed by atoms with E-state index in [9.17, 15) is 9.59 Å². The molecule has 0 bridgehead atoms. The minimum Gasteiger partial charge on any atom is -0.495 e. The number of benzene rings is 3. The summed E-state index contributed by atoms with van der Waals surface area (Å²) >= 11 is 0. The van der Waals surface area contributed by atoms with Gasteiger partial charge in [0.15, 0.2) is 0 Å². The molecule has 6 nitrogen and oxygen atoms in total. The number of ether oxygens (including phenoxy) is 2. The maximum atomic E-state index is 13.8. The average Bonchev–Trinajstić information content (AvgIpc) is 3.07. The third-order valence-electron chi connectivity index (χ3n) is 5.64. The average molecular weight is 457 g/mol. The zero-order valence-electron chi connectivity index (χ0n) is 19.8. The number of imide groups is 1. The predicted octanol–water partition coefficient (Wildman–Crippen LogP) is 5.50.